The van der Waals surface area contributed by atoms with Crippen molar-refractivity contribution in [3.05, 3.63) is 0 Å². The van der Waals surface area contributed by atoms with Gasteiger partial charge in [-0.15, -0.1) is 0 Å². The maximum absolute atomic E-state index is 10.5. The summed E-state index contributed by atoms with van der Waals surface area (Å²) in [5, 5.41) is 58.5. The molecule has 178 valence electrons. The van der Waals surface area contributed by atoms with Gasteiger partial charge in [-0.25, -0.2) is 0 Å². The summed E-state index contributed by atoms with van der Waals surface area (Å²) < 4.78 is 9.92. The van der Waals surface area contributed by atoms with E-state index in [9.17, 15) is 35.1 Å². The van der Waals surface area contributed by atoms with Crippen molar-refractivity contribution in [3.8, 4) is 0 Å². The largest absolute Gasteiger partial charge is 2.00 e. The second-order valence-corrected chi connectivity index (χ2v) is 7.16. The third kappa shape index (κ3) is 8.81. The van der Waals surface area contributed by atoms with Gasteiger partial charge in [0, 0.05) is 18.0 Å². The molecule has 1 saturated heterocycles. The van der Waals surface area contributed by atoms with Crippen LogP contribution in [0.15, 0.2) is 0 Å². The number of aliphatic carboxylic acids is 2. The van der Waals surface area contributed by atoms with Crippen LogP contribution in [-0.2, 0) is 40.1 Å². The smallest absolute Gasteiger partial charge is 0.549 e. The van der Waals surface area contributed by atoms with Crippen LogP contribution in [0, 0.1) is 5.92 Å². The van der Waals surface area contributed by atoms with Crippen molar-refractivity contribution in [2.24, 2.45) is 17.4 Å². The molecule has 0 amide bonds. The molecule has 13 heteroatoms. The summed E-state index contributed by atoms with van der Waals surface area (Å²) in [4.78, 5) is 21.0. The zero-order valence-corrected chi connectivity index (χ0v) is 18.6. The molecule has 7 atom stereocenters. The van der Waals surface area contributed by atoms with E-state index in [2.05, 4.69) is 0 Å². The summed E-state index contributed by atoms with van der Waals surface area (Å²) in [7, 11) is 0. The number of carboxylic acids is 2. The monoisotopic (exact) mass is 617 g/mol. The topological polar surface area (TPSA) is 232 Å². The van der Waals surface area contributed by atoms with Crippen LogP contribution in [0.1, 0.15) is 32.1 Å². The average molecular weight is 618 g/mol. The van der Waals surface area contributed by atoms with Crippen molar-refractivity contribution in [1.82, 2.24) is 0 Å². The molecule has 2 aliphatic rings. The fourth-order valence-corrected chi connectivity index (χ4v) is 3.03. The number of carboxylic acid groups (broad SMARTS) is 2. The molecule has 0 aromatic heterocycles. The number of aliphatic hydroxyl groups excluding tert-OH is 4. The van der Waals surface area contributed by atoms with E-state index in [1.165, 1.54) is 12.8 Å². The molecule has 0 radical (unpaired) electrons. The quantitative estimate of drug-likeness (QED) is 0.147. The Morgan fingerprint density at radius 1 is 1.00 bits per heavy atom. The van der Waals surface area contributed by atoms with Crippen LogP contribution in [0.2, 0.25) is 0 Å². The van der Waals surface area contributed by atoms with E-state index >= 15 is 0 Å². The zero-order chi connectivity index (χ0) is 22.1. The van der Waals surface area contributed by atoms with Crippen LogP contribution in [0.25, 0.3) is 0 Å². The summed E-state index contributed by atoms with van der Waals surface area (Å²) in [6, 6.07) is 0.562. The molecule has 0 bridgehead atoms. The van der Waals surface area contributed by atoms with Gasteiger partial charge in [-0.3, -0.25) is 0 Å². The van der Waals surface area contributed by atoms with Gasteiger partial charge in [0.05, 0.1) is 25.2 Å². The number of rotatable bonds is 7. The fraction of sp³-hybridized carbons (Fsp3) is 0.882. The van der Waals surface area contributed by atoms with Gasteiger partial charge in [-0.1, -0.05) is 12.8 Å². The van der Waals surface area contributed by atoms with Crippen molar-refractivity contribution in [1.29, 1.82) is 0 Å². The Morgan fingerprint density at radius 2 is 1.50 bits per heavy atom. The zero-order valence-electron chi connectivity index (χ0n) is 16.3. The Bertz CT molecular complexity index is 503. The van der Waals surface area contributed by atoms with Crippen molar-refractivity contribution < 1.29 is 70.8 Å². The molecule has 0 aromatic rings. The summed E-state index contributed by atoms with van der Waals surface area (Å²) in [5.74, 6) is -5.57. The van der Waals surface area contributed by atoms with Crippen LogP contribution >= 0.6 is 0 Å². The van der Waals surface area contributed by atoms with Crippen LogP contribution in [0.4, 0.5) is 0 Å². The normalized spacial score (nSPS) is 33.8. The van der Waals surface area contributed by atoms with Gasteiger partial charge in [0.1, 0.15) is 24.4 Å². The first-order valence-electron chi connectivity index (χ1n) is 9.45. The number of hydrogen-bond acceptors (Lipinski definition) is 12. The first-order valence-corrected chi connectivity index (χ1v) is 9.45. The van der Waals surface area contributed by atoms with E-state index in [-0.39, 0.29) is 33.1 Å². The van der Waals surface area contributed by atoms with Gasteiger partial charge >= 0.3 is 21.1 Å². The predicted molar refractivity (Wildman–Crippen MR) is 92.3 cm³/mol. The van der Waals surface area contributed by atoms with Crippen LogP contribution in [-0.4, -0.2) is 88.4 Å². The average Bonchev–Trinajstić information content (AvgIpc) is 2.67. The molecule has 2 fully saturated rings. The first-order chi connectivity index (χ1) is 13.6. The summed E-state index contributed by atoms with van der Waals surface area (Å²) >= 11 is 0. The molecule has 0 aromatic carbocycles. The molecule has 0 unspecified atom stereocenters. The minimum Gasteiger partial charge on any atom is -0.549 e. The van der Waals surface area contributed by atoms with Gasteiger partial charge < -0.3 is 61.2 Å². The van der Waals surface area contributed by atoms with Crippen LogP contribution < -0.4 is 21.7 Å². The van der Waals surface area contributed by atoms with E-state index in [1.807, 2.05) is 0 Å². The van der Waals surface area contributed by atoms with E-state index < -0.39 is 68.2 Å². The molecule has 1 heterocycles. The molecule has 8 N–H and O–H groups in total. The minimum atomic E-state index is -1.89. The van der Waals surface area contributed by atoms with Gasteiger partial charge in [0.25, 0.3) is 0 Å². The SMILES string of the molecule is N[C@@H]1CCCC[C@H]1N.O=C([O-])C(CCO[C@@H]1O[C@H](CO)[C@H](O)[C@H](O)[C@H]1O)C(=O)[O-].[Pt+2]. The molecular formula is C17H30N2O10Pt. The minimum absolute atomic E-state index is 0. The van der Waals surface area contributed by atoms with Crippen LogP contribution in [0.3, 0.4) is 0 Å². The van der Waals surface area contributed by atoms with E-state index in [0.717, 1.165) is 12.8 Å². The Kier molecular flexibility index (Phi) is 14.1. The van der Waals surface area contributed by atoms with Crippen molar-refractivity contribution in [2.45, 2.75) is 74.9 Å². The molecule has 1 saturated carbocycles. The second-order valence-electron chi connectivity index (χ2n) is 7.16. The molecule has 0 spiro atoms. The predicted octanol–water partition coefficient (Wildman–Crippen LogP) is -5.48. The maximum atomic E-state index is 10.5. The summed E-state index contributed by atoms with van der Waals surface area (Å²) in [6.07, 6.45) is -3.17. The Morgan fingerprint density at radius 3 is 1.90 bits per heavy atom. The van der Waals surface area contributed by atoms with Crippen molar-refractivity contribution in [2.75, 3.05) is 13.2 Å². The third-order valence-corrected chi connectivity index (χ3v) is 4.98. The van der Waals surface area contributed by atoms with Gasteiger partial charge in [-0.05, 0) is 19.3 Å². The first kappa shape index (κ1) is 29.3. The number of aliphatic hydroxyl groups is 4. The Balaban J connectivity index is 0.000000782. The number of hydrogen-bond donors (Lipinski definition) is 6. The van der Waals surface area contributed by atoms with Gasteiger partial charge in [-0.2, -0.15) is 0 Å². The maximum Gasteiger partial charge on any atom is 2.00 e. The van der Waals surface area contributed by atoms with Crippen molar-refractivity contribution in [3.63, 3.8) is 0 Å². The Labute approximate surface area is 188 Å². The number of ether oxygens (including phenoxy) is 2. The second kappa shape index (κ2) is 14.4. The molecule has 30 heavy (non-hydrogen) atoms. The van der Waals surface area contributed by atoms with Gasteiger partial charge in [0.2, 0.25) is 0 Å². The standard InChI is InChI=1S/C11H18O10.C6H14N2.Pt/c12-3-5-6(13)7(14)8(15)11(21-5)20-2-1-4(9(16)17)10(18)19;7-5-3-1-2-4-6(5)8;/h4-8,11-15H,1-3H2,(H,16,17)(H,18,19);5-6H,1-4,7-8H2;/q;;+2/p-2/t5-,6+,7+,8-,11-;5-,6-;/m11./s1. The van der Waals surface area contributed by atoms with Gasteiger partial charge in [0.15, 0.2) is 6.29 Å². The van der Waals surface area contributed by atoms with Crippen LogP contribution in [0.5, 0.6) is 0 Å². The fourth-order valence-electron chi connectivity index (χ4n) is 3.03. The molecule has 2 rings (SSSR count). The summed E-state index contributed by atoms with van der Waals surface area (Å²) in [5.41, 5.74) is 11.3. The van der Waals surface area contributed by atoms with E-state index in [0.29, 0.717) is 0 Å². The number of carbonyl (C=O) groups is 2. The summed E-state index contributed by atoms with van der Waals surface area (Å²) in [6.45, 7) is -1.10. The van der Waals surface area contributed by atoms with Crippen molar-refractivity contribution >= 4 is 11.9 Å². The molecular weight excluding hydrogens is 587 g/mol. The molecule has 1 aliphatic carbocycles. The van der Waals surface area contributed by atoms with E-state index in [4.69, 9.17) is 26.0 Å². The molecule has 12 nitrogen and oxygen atoms in total. The Hall–Kier alpha value is -0.692. The number of nitrogens with two attached hydrogens (primary N) is 2. The number of carbonyl (C=O) groups excluding carboxylic acids is 2. The third-order valence-electron chi connectivity index (χ3n) is 4.98. The molecule has 1 aliphatic heterocycles. The van der Waals surface area contributed by atoms with E-state index in [1.54, 1.807) is 0 Å².